The van der Waals surface area contributed by atoms with Gasteiger partial charge in [0.05, 0.1) is 6.20 Å². The van der Waals surface area contributed by atoms with Crippen molar-refractivity contribution in [2.45, 2.75) is 6.42 Å². The summed E-state index contributed by atoms with van der Waals surface area (Å²) in [7, 11) is 1.83. The number of benzene rings is 1. The van der Waals surface area contributed by atoms with Crippen LogP contribution in [0.15, 0.2) is 30.6 Å². The predicted octanol–water partition coefficient (Wildman–Crippen LogP) is 0.804. The Morgan fingerprint density at radius 1 is 1.32 bits per heavy atom. The molecule has 0 spiro atoms. The van der Waals surface area contributed by atoms with Gasteiger partial charge in [0.2, 0.25) is 0 Å². The van der Waals surface area contributed by atoms with Crippen molar-refractivity contribution in [2.75, 3.05) is 6.54 Å². The van der Waals surface area contributed by atoms with E-state index >= 15 is 0 Å². The molecule has 0 fully saturated rings. The Kier molecular flexibility index (Phi) is 3.70. The Labute approximate surface area is 110 Å². The number of carbonyl (C=O) groups excluding carboxylic acids is 1. The van der Waals surface area contributed by atoms with Crippen LogP contribution >= 0.6 is 0 Å². The fourth-order valence-electron chi connectivity index (χ4n) is 1.75. The number of nitrogens with one attached hydrogen (secondary N) is 1. The van der Waals surface area contributed by atoms with Crippen LogP contribution in [0.1, 0.15) is 15.9 Å². The first-order chi connectivity index (χ1) is 9.04. The van der Waals surface area contributed by atoms with Gasteiger partial charge in [-0.2, -0.15) is 5.10 Å². The van der Waals surface area contributed by atoms with Crippen molar-refractivity contribution in [1.82, 2.24) is 15.1 Å². The van der Waals surface area contributed by atoms with Crippen molar-refractivity contribution in [3.63, 3.8) is 0 Å². The first kappa shape index (κ1) is 12.9. The summed E-state index contributed by atoms with van der Waals surface area (Å²) in [6.07, 6.45) is 4.29. The molecule has 0 radical (unpaired) electrons. The molecule has 3 N–H and O–H groups in total. The maximum atomic E-state index is 11.8. The lowest BCUT2D eigenvalue weighted by molar-refractivity contribution is 0.0953. The Balaban J connectivity index is 1.90. The van der Waals surface area contributed by atoms with Crippen molar-refractivity contribution in [3.05, 3.63) is 41.7 Å². The number of nitrogens with zero attached hydrogens (tertiary/aromatic N) is 2. The molecule has 0 aliphatic carbocycles. The Hall–Kier alpha value is -2.50. The van der Waals surface area contributed by atoms with Crippen LogP contribution in [-0.4, -0.2) is 32.4 Å². The summed E-state index contributed by atoms with van der Waals surface area (Å²) in [5.41, 5.74) is 1.25. The molecule has 0 atom stereocenters. The summed E-state index contributed by atoms with van der Waals surface area (Å²) in [5.74, 6) is -0.620. The number of phenolic OH excluding ortho intramolecular Hbond substituents is 2. The van der Waals surface area contributed by atoms with Crippen LogP contribution in [-0.2, 0) is 13.5 Å². The van der Waals surface area contributed by atoms with E-state index in [4.69, 9.17) is 0 Å². The van der Waals surface area contributed by atoms with E-state index in [2.05, 4.69) is 10.4 Å². The molecule has 2 aromatic rings. The zero-order valence-corrected chi connectivity index (χ0v) is 10.5. The second-order valence-corrected chi connectivity index (χ2v) is 4.27. The minimum Gasteiger partial charge on any atom is -0.508 e. The standard InChI is InChI=1S/C13H15N3O3/c1-16-8-9(7-15-16)2-3-14-13(19)10-4-11(17)6-12(18)5-10/h4-8,17-18H,2-3H2,1H3,(H,14,19). The predicted molar refractivity (Wildman–Crippen MR) is 69.0 cm³/mol. The van der Waals surface area contributed by atoms with E-state index in [1.54, 1.807) is 10.9 Å². The summed E-state index contributed by atoms with van der Waals surface area (Å²) >= 11 is 0. The molecule has 1 heterocycles. The third-order valence-corrected chi connectivity index (χ3v) is 2.62. The average molecular weight is 261 g/mol. The molecule has 0 saturated carbocycles. The number of amides is 1. The molecule has 100 valence electrons. The van der Waals surface area contributed by atoms with E-state index in [9.17, 15) is 15.0 Å². The van der Waals surface area contributed by atoms with Gasteiger partial charge in [-0.3, -0.25) is 9.48 Å². The zero-order chi connectivity index (χ0) is 13.8. The van der Waals surface area contributed by atoms with Gasteiger partial charge in [-0.1, -0.05) is 0 Å². The summed E-state index contributed by atoms with van der Waals surface area (Å²) in [4.78, 5) is 11.8. The summed E-state index contributed by atoms with van der Waals surface area (Å²) in [6.45, 7) is 0.459. The Bertz CT molecular complexity index is 572. The number of phenols is 2. The lowest BCUT2D eigenvalue weighted by atomic mass is 10.2. The van der Waals surface area contributed by atoms with Crippen molar-refractivity contribution in [3.8, 4) is 11.5 Å². The van der Waals surface area contributed by atoms with Crippen LogP contribution in [0, 0.1) is 0 Å². The van der Waals surface area contributed by atoms with Crippen LogP contribution in [0.4, 0.5) is 0 Å². The van der Waals surface area contributed by atoms with Gasteiger partial charge in [0.15, 0.2) is 0 Å². The molecule has 0 bridgehead atoms. The van der Waals surface area contributed by atoms with Crippen molar-refractivity contribution < 1.29 is 15.0 Å². The van der Waals surface area contributed by atoms with Crippen LogP contribution in [0.3, 0.4) is 0 Å². The van der Waals surface area contributed by atoms with Gasteiger partial charge in [-0.15, -0.1) is 0 Å². The maximum Gasteiger partial charge on any atom is 0.251 e. The van der Waals surface area contributed by atoms with Gasteiger partial charge < -0.3 is 15.5 Å². The van der Waals surface area contributed by atoms with Crippen LogP contribution in [0.2, 0.25) is 0 Å². The van der Waals surface area contributed by atoms with Crippen molar-refractivity contribution in [2.24, 2.45) is 7.05 Å². The quantitative estimate of drug-likeness (QED) is 0.759. The van der Waals surface area contributed by atoms with Gasteiger partial charge in [-0.05, 0) is 24.1 Å². The van der Waals surface area contributed by atoms with E-state index in [1.807, 2.05) is 13.2 Å². The molecule has 0 saturated heterocycles. The minimum atomic E-state index is -0.338. The van der Waals surface area contributed by atoms with Gasteiger partial charge in [0.25, 0.3) is 5.91 Å². The molecular weight excluding hydrogens is 246 g/mol. The highest BCUT2D eigenvalue weighted by Crippen LogP contribution is 2.20. The minimum absolute atomic E-state index is 0.141. The molecule has 1 aromatic carbocycles. The van der Waals surface area contributed by atoms with Crippen LogP contribution in [0.25, 0.3) is 0 Å². The number of aryl methyl sites for hydroxylation is 1. The SMILES string of the molecule is Cn1cc(CCNC(=O)c2cc(O)cc(O)c2)cn1. The normalized spacial score (nSPS) is 10.4. The molecular formula is C13H15N3O3. The van der Waals surface area contributed by atoms with E-state index < -0.39 is 0 Å². The third-order valence-electron chi connectivity index (χ3n) is 2.62. The van der Waals surface area contributed by atoms with E-state index in [0.29, 0.717) is 13.0 Å². The number of hydrogen-bond acceptors (Lipinski definition) is 4. The highest BCUT2D eigenvalue weighted by Gasteiger charge is 2.08. The van der Waals surface area contributed by atoms with Crippen LogP contribution in [0.5, 0.6) is 11.5 Å². The molecule has 0 aliphatic heterocycles. The number of aromatic nitrogens is 2. The highest BCUT2D eigenvalue weighted by molar-refractivity contribution is 5.95. The third kappa shape index (κ3) is 3.48. The fraction of sp³-hybridized carbons (Fsp3) is 0.231. The number of rotatable bonds is 4. The molecule has 19 heavy (non-hydrogen) atoms. The second-order valence-electron chi connectivity index (χ2n) is 4.27. The summed E-state index contributed by atoms with van der Waals surface area (Å²) in [5, 5.41) is 25.3. The zero-order valence-electron chi connectivity index (χ0n) is 10.5. The molecule has 1 aromatic heterocycles. The number of carbonyl (C=O) groups is 1. The number of hydrogen-bond donors (Lipinski definition) is 3. The number of aromatic hydroxyl groups is 2. The van der Waals surface area contributed by atoms with Gasteiger partial charge in [0, 0.05) is 31.4 Å². The molecule has 6 nitrogen and oxygen atoms in total. The van der Waals surface area contributed by atoms with Gasteiger partial charge in [-0.25, -0.2) is 0 Å². The molecule has 6 heteroatoms. The largest absolute Gasteiger partial charge is 0.508 e. The van der Waals surface area contributed by atoms with Crippen molar-refractivity contribution in [1.29, 1.82) is 0 Å². The average Bonchev–Trinajstić information content (AvgIpc) is 2.73. The van der Waals surface area contributed by atoms with Gasteiger partial charge in [0.1, 0.15) is 11.5 Å². The first-order valence-electron chi connectivity index (χ1n) is 5.83. The van der Waals surface area contributed by atoms with E-state index in [1.165, 1.54) is 18.2 Å². The monoisotopic (exact) mass is 261 g/mol. The first-order valence-corrected chi connectivity index (χ1v) is 5.83. The van der Waals surface area contributed by atoms with E-state index in [-0.39, 0.29) is 23.0 Å². The lowest BCUT2D eigenvalue weighted by Crippen LogP contribution is -2.25. The molecule has 0 unspecified atom stereocenters. The topological polar surface area (TPSA) is 87.4 Å². The molecule has 0 aliphatic rings. The molecule has 1 amide bonds. The van der Waals surface area contributed by atoms with Crippen molar-refractivity contribution >= 4 is 5.91 Å². The summed E-state index contributed by atoms with van der Waals surface area (Å²) in [6, 6.07) is 3.78. The molecule has 2 rings (SSSR count). The fourth-order valence-corrected chi connectivity index (χ4v) is 1.75. The maximum absolute atomic E-state index is 11.8. The highest BCUT2D eigenvalue weighted by atomic mass is 16.3. The van der Waals surface area contributed by atoms with Gasteiger partial charge >= 0.3 is 0 Å². The summed E-state index contributed by atoms with van der Waals surface area (Å²) < 4.78 is 1.70. The Morgan fingerprint density at radius 3 is 2.58 bits per heavy atom. The lowest BCUT2D eigenvalue weighted by Gasteiger charge is -2.05. The smallest absolute Gasteiger partial charge is 0.251 e. The van der Waals surface area contributed by atoms with Crippen LogP contribution < -0.4 is 5.32 Å². The Morgan fingerprint density at radius 2 is 2.00 bits per heavy atom. The van der Waals surface area contributed by atoms with E-state index in [0.717, 1.165) is 5.56 Å². The second kappa shape index (κ2) is 5.43.